The largest absolute Gasteiger partial charge is 0.496 e. The second-order valence-electron chi connectivity index (χ2n) is 5.20. The van der Waals surface area contributed by atoms with Gasteiger partial charge in [-0.15, -0.1) is 0 Å². The number of carboxylic acids is 1. The molecule has 1 aliphatic rings. The summed E-state index contributed by atoms with van der Waals surface area (Å²) in [5, 5.41) is 8.61. The van der Waals surface area contributed by atoms with E-state index in [0.717, 1.165) is 31.4 Å². The van der Waals surface area contributed by atoms with E-state index in [0.29, 0.717) is 6.42 Å². The molecule has 0 radical (unpaired) electrons. The lowest BCUT2D eigenvalue weighted by Gasteiger charge is -2.10. The lowest BCUT2D eigenvalue weighted by atomic mass is 10.0. The molecule has 0 bridgehead atoms. The minimum absolute atomic E-state index is 0.200. The van der Waals surface area contributed by atoms with Crippen LogP contribution in [0.5, 0.6) is 5.75 Å². The summed E-state index contributed by atoms with van der Waals surface area (Å²) in [4.78, 5) is 10.5. The Balaban J connectivity index is 2.02. The summed E-state index contributed by atoms with van der Waals surface area (Å²) < 4.78 is 5.44. The third kappa shape index (κ3) is 3.47. The molecule has 1 unspecified atom stereocenters. The minimum Gasteiger partial charge on any atom is -0.496 e. The van der Waals surface area contributed by atoms with Crippen LogP contribution in [-0.4, -0.2) is 24.2 Å². The molecule has 0 aromatic heterocycles. The number of hydrogen-bond donors (Lipinski definition) is 2. The topological polar surface area (TPSA) is 72.5 Å². The molecule has 1 aromatic carbocycles. The average molecular weight is 263 g/mol. The van der Waals surface area contributed by atoms with E-state index in [1.54, 1.807) is 7.11 Å². The van der Waals surface area contributed by atoms with Gasteiger partial charge < -0.3 is 15.6 Å². The van der Waals surface area contributed by atoms with E-state index in [-0.39, 0.29) is 12.5 Å². The first-order valence-electron chi connectivity index (χ1n) is 6.76. The van der Waals surface area contributed by atoms with Gasteiger partial charge in [0.05, 0.1) is 7.11 Å². The number of carboxylic acid groups (broad SMARTS) is 1. The fraction of sp³-hybridized carbons (Fsp3) is 0.533. The number of nitrogens with two attached hydrogens (primary N) is 1. The first kappa shape index (κ1) is 13.9. The molecule has 0 aliphatic heterocycles. The van der Waals surface area contributed by atoms with E-state index in [1.807, 2.05) is 0 Å². The fourth-order valence-electron chi connectivity index (χ4n) is 2.73. The van der Waals surface area contributed by atoms with Crippen molar-refractivity contribution >= 4 is 5.97 Å². The summed E-state index contributed by atoms with van der Waals surface area (Å²) in [7, 11) is 1.69. The molecule has 104 valence electrons. The molecule has 1 aromatic rings. The summed E-state index contributed by atoms with van der Waals surface area (Å²) >= 11 is 0. The van der Waals surface area contributed by atoms with Gasteiger partial charge in [0, 0.05) is 12.5 Å². The van der Waals surface area contributed by atoms with E-state index in [9.17, 15) is 4.79 Å². The molecule has 3 N–H and O–H groups in total. The summed E-state index contributed by atoms with van der Waals surface area (Å²) in [6.45, 7) is 0. The van der Waals surface area contributed by atoms with Crippen LogP contribution < -0.4 is 10.5 Å². The zero-order valence-corrected chi connectivity index (χ0v) is 11.3. The molecular formula is C15H21NO3. The number of aryl methyl sites for hydroxylation is 1. The van der Waals surface area contributed by atoms with Gasteiger partial charge in [0.2, 0.25) is 0 Å². The predicted octanol–water partition coefficient (Wildman–Crippen LogP) is 1.92. The van der Waals surface area contributed by atoms with Crippen LogP contribution in [0.25, 0.3) is 0 Å². The Hall–Kier alpha value is -1.55. The molecule has 19 heavy (non-hydrogen) atoms. The van der Waals surface area contributed by atoms with E-state index >= 15 is 0 Å². The van der Waals surface area contributed by atoms with Crippen molar-refractivity contribution in [3.63, 3.8) is 0 Å². The van der Waals surface area contributed by atoms with Crippen LogP contribution in [-0.2, 0) is 24.1 Å². The Labute approximate surface area is 113 Å². The van der Waals surface area contributed by atoms with E-state index in [1.165, 1.54) is 16.7 Å². The van der Waals surface area contributed by atoms with Crippen LogP contribution in [0.1, 0.15) is 36.0 Å². The standard InChI is InChI=1S/C15H21NO3/c1-19-14-7-10(4-2-3-5-15(17)18)6-11-8-12(16)9-13(11)14/h6-7,12H,2-5,8-9,16H2,1H3,(H,17,18). The smallest absolute Gasteiger partial charge is 0.303 e. The number of methoxy groups -OCH3 is 1. The number of rotatable bonds is 6. The van der Waals surface area contributed by atoms with Gasteiger partial charge in [0.25, 0.3) is 0 Å². The highest BCUT2D eigenvalue weighted by Gasteiger charge is 2.22. The van der Waals surface area contributed by atoms with Crippen LogP contribution in [0.2, 0.25) is 0 Å². The van der Waals surface area contributed by atoms with Crippen molar-refractivity contribution in [1.29, 1.82) is 0 Å². The summed E-state index contributed by atoms with van der Waals surface area (Å²) in [6, 6.07) is 4.47. The summed E-state index contributed by atoms with van der Waals surface area (Å²) in [5.41, 5.74) is 9.74. The molecule has 0 heterocycles. The number of fused-ring (bicyclic) bond motifs is 1. The van der Waals surface area contributed by atoms with Gasteiger partial charge in [-0.3, -0.25) is 4.79 Å². The zero-order chi connectivity index (χ0) is 13.8. The second-order valence-corrected chi connectivity index (χ2v) is 5.20. The summed E-state index contributed by atoms with van der Waals surface area (Å²) in [6.07, 6.45) is 4.54. The molecule has 0 saturated heterocycles. The third-order valence-corrected chi connectivity index (χ3v) is 3.64. The highest BCUT2D eigenvalue weighted by atomic mass is 16.5. The van der Waals surface area contributed by atoms with Crippen molar-refractivity contribution in [3.8, 4) is 5.75 Å². The van der Waals surface area contributed by atoms with Crippen molar-refractivity contribution < 1.29 is 14.6 Å². The van der Waals surface area contributed by atoms with Gasteiger partial charge in [-0.1, -0.05) is 6.07 Å². The molecule has 0 fully saturated rings. The minimum atomic E-state index is -0.725. The normalized spacial score (nSPS) is 17.3. The number of ether oxygens (including phenoxy) is 1. The average Bonchev–Trinajstić information content (AvgIpc) is 2.73. The third-order valence-electron chi connectivity index (χ3n) is 3.64. The molecule has 4 heteroatoms. The van der Waals surface area contributed by atoms with Gasteiger partial charge in [0.1, 0.15) is 5.75 Å². The van der Waals surface area contributed by atoms with E-state index in [4.69, 9.17) is 15.6 Å². The zero-order valence-electron chi connectivity index (χ0n) is 11.3. The molecule has 0 saturated carbocycles. The Bertz CT molecular complexity index is 471. The van der Waals surface area contributed by atoms with Crippen LogP contribution >= 0.6 is 0 Å². The van der Waals surface area contributed by atoms with E-state index < -0.39 is 5.97 Å². The quantitative estimate of drug-likeness (QED) is 0.769. The van der Waals surface area contributed by atoms with Crippen LogP contribution in [0.3, 0.4) is 0 Å². The van der Waals surface area contributed by atoms with Crippen LogP contribution in [0.4, 0.5) is 0 Å². The maximum Gasteiger partial charge on any atom is 0.303 e. The van der Waals surface area contributed by atoms with Gasteiger partial charge in [-0.2, -0.15) is 0 Å². The van der Waals surface area contributed by atoms with Crippen molar-refractivity contribution in [2.24, 2.45) is 5.73 Å². The molecular weight excluding hydrogens is 242 g/mol. The van der Waals surface area contributed by atoms with Gasteiger partial charge in [-0.25, -0.2) is 0 Å². The lowest BCUT2D eigenvalue weighted by molar-refractivity contribution is -0.137. The molecule has 4 nitrogen and oxygen atoms in total. The van der Waals surface area contributed by atoms with Crippen LogP contribution in [0, 0.1) is 0 Å². The Morgan fingerprint density at radius 3 is 2.89 bits per heavy atom. The predicted molar refractivity (Wildman–Crippen MR) is 73.6 cm³/mol. The van der Waals surface area contributed by atoms with Crippen molar-refractivity contribution in [1.82, 2.24) is 0 Å². The molecule has 0 spiro atoms. The number of carbonyl (C=O) groups is 1. The highest BCUT2D eigenvalue weighted by molar-refractivity contribution is 5.66. The monoisotopic (exact) mass is 263 g/mol. The van der Waals surface area contributed by atoms with Crippen LogP contribution in [0.15, 0.2) is 12.1 Å². The SMILES string of the molecule is COc1cc(CCCCC(=O)O)cc2c1CC(N)C2. The Kier molecular flexibility index (Phi) is 4.43. The maximum atomic E-state index is 10.5. The molecule has 0 amide bonds. The second kappa shape index (κ2) is 6.06. The molecule has 1 aliphatic carbocycles. The maximum absolute atomic E-state index is 10.5. The van der Waals surface area contributed by atoms with Gasteiger partial charge >= 0.3 is 5.97 Å². The van der Waals surface area contributed by atoms with Gasteiger partial charge in [0.15, 0.2) is 0 Å². The fourth-order valence-corrected chi connectivity index (χ4v) is 2.73. The highest BCUT2D eigenvalue weighted by Crippen LogP contribution is 2.32. The molecule has 1 atom stereocenters. The first-order valence-corrected chi connectivity index (χ1v) is 6.76. The Morgan fingerprint density at radius 2 is 2.21 bits per heavy atom. The first-order chi connectivity index (χ1) is 9.10. The van der Waals surface area contributed by atoms with Crippen molar-refractivity contribution in [2.75, 3.05) is 7.11 Å². The number of unbranched alkanes of at least 4 members (excludes halogenated alkanes) is 1. The number of aliphatic carboxylic acids is 1. The molecule has 2 rings (SSSR count). The Morgan fingerprint density at radius 1 is 1.42 bits per heavy atom. The number of benzene rings is 1. The van der Waals surface area contributed by atoms with E-state index in [2.05, 4.69) is 12.1 Å². The van der Waals surface area contributed by atoms with Crippen molar-refractivity contribution in [3.05, 3.63) is 28.8 Å². The van der Waals surface area contributed by atoms with Crippen molar-refractivity contribution in [2.45, 2.75) is 44.6 Å². The summed E-state index contributed by atoms with van der Waals surface area (Å²) in [5.74, 6) is 0.205. The lowest BCUT2D eigenvalue weighted by Crippen LogP contribution is -2.19. The van der Waals surface area contributed by atoms with Gasteiger partial charge in [-0.05, 0) is 54.9 Å². The number of hydrogen-bond acceptors (Lipinski definition) is 3.